The van der Waals surface area contributed by atoms with Crippen molar-refractivity contribution in [2.75, 3.05) is 18.1 Å². The zero-order valence-electron chi connectivity index (χ0n) is 14.6. The first kappa shape index (κ1) is 18.1. The van der Waals surface area contributed by atoms with E-state index >= 15 is 0 Å². The summed E-state index contributed by atoms with van der Waals surface area (Å²) in [6, 6.07) is 12.7. The van der Waals surface area contributed by atoms with E-state index in [9.17, 15) is 14.0 Å². The number of anilines is 1. The fourth-order valence-corrected chi connectivity index (χ4v) is 3.00. The van der Waals surface area contributed by atoms with E-state index in [1.165, 1.54) is 17.0 Å². The van der Waals surface area contributed by atoms with Crippen molar-refractivity contribution in [1.29, 1.82) is 0 Å². The minimum atomic E-state index is -0.553. The summed E-state index contributed by atoms with van der Waals surface area (Å²) in [5.74, 6) is -0.0859. The van der Waals surface area contributed by atoms with Crippen LogP contribution in [0, 0.1) is 5.82 Å². The van der Waals surface area contributed by atoms with Gasteiger partial charge in [0, 0.05) is 0 Å². The van der Waals surface area contributed by atoms with Gasteiger partial charge >= 0.3 is 0 Å². The van der Waals surface area contributed by atoms with Crippen LogP contribution in [0.25, 0.3) is 0 Å². The zero-order chi connectivity index (χ0) is 18.5. The van der Waals surface area contributed by atoms with Gasteiger partial charge in [0.1, 0.15) is 11.6 Å². The van der Waals surface area contributed by atoms with E-state index in [0.29, 0.717) is 31.0 Å². The van der Waals surface area contributed by atoms with Crippen LogP contribution in [0.15, 0.2) is 48.5 Å². The Kier molecular flexibility index (Phi) is 5.63. The van der Waals surface area contributed by atoms with Gasteiger partial charge < -0.3 is 10.1 Å². The third-order valence-electron chi connectivity index (χ3n) is 4.25. The Labute approximate surface area is 151 Å². The molecule has 0 aromatic heterocycles. The van der Waals surface area contributed by atoms with Crippen LogP contribution >= 0.6 is 0 Å². The van der Waals surface area contributed by atoms with Gasteiger partial charge in [-0.3, -0.25) is 9.59 Å². The van der Waals surface area contributed by atoms with Crippen molar-refractivity contribution in [3.63, 3.8) is 0 Å². The van der Waals surface area contributed by atoms with Gasteiger partial charge in [0.25, 0.3) is 5.91 Å². The molecule has 0 saturated carbocycles. The predicted octanol–water partition coefficient (Wildman–Crippen LogP) is 2.69. The van der Waals surface area contributed by atoms with E-state index in [0.717, 1.165) is 5.56 Å². The number of nitrogens with one attached hydrogen (secondary N) is 1. The van der Waals surface area contributed by atoms with Crippen molar-refractivity contribution < 1.29 is 18.7 Å². The molecule has 2 aromatic rings. The lowest BCUT2D eigenvalue weighted by Crippen LogP contribution is -2.39. The van der Waals surface area contributed by atoms with Crippen molar-refractivity contribution in [2.24, 2.45) is 0 Å². The van der Waals surface area contributed by atoms with Gasteiger partial charge in [-0.1, -0.05) is 12.1 Å². The van der Waals surface area contributed by atoms with Gasteiger partial charge in [0.2, 0.25) is 5.91 Å². The smallest absolute Gasteiger partial charge is 0.251 e. The number of hydrogen-bond donors (Lipinski definition) is 1. The Morgan fingerprint density at radius 1 is 1.19 bits per heavy atom. The molecule has 0 unspecified atom stereocenters. The van der Waals surface area contributed by atoms with Crippen molar-refractivity contribution in [3.05, 3.63) is 59.9 Å². The molecular weight excluding hydrogens is 335 g/mol. The first-order valence-electron chi connectivity index (χ1n) is 8.66. The number of imide groups is 1. The fraction of sp³-hybridized carbons (Fsp3) is 0.300. The number of rotatable bonds is 7. The number of halogens is 1. The second-order valence-electron chi connectivity index (χ2n) is 6.09. The van der Waals surface area contributed by atoms with E-state index < -0.39 is 6.04 Å². The van der Waals surface area contributed by atoms with Gasteiger partial charge in [-0.25, -0.2) is 9.29 Å². The van der Waals surface area contributed by atoms with Crippen LogP contribution < -0.4 is 15.0 Å². The minimum Gasteiger partial charge on any atom is -0.494 e. The molecule has 0 bridgehead atoms. The van der Waals surface area contributed by atoms with Crippen LogP contribution in [-0.2, 0) is 16.0 Å². The average molecular weight is 356 g/mol. The highest BCUT2D eigenvalue weighted by molar-refractivity contribution is 6.22. The molecule has 1 N–H and O–H groups in total. The van der Waals surface area contributed by atoms with Crippen LogP contribution in [0.3, 0.4) is 0 Å². The van der Waals surface area contributed by atoms with Crippen LogP contribution in [0.2, 0.25) is 0 Å². The fourth-order valence-electron chi connectivity index (χ4n) is 3.00. The van der Waals surface area contributed by atoms with Crippen LogP contribution in [0.4, 0.5) is 10.1 Å². The Balaban J connectivity index is 1.59. The summed E-state index contributed by atoms with van der Waals surface area (Å²) in [6.45, 7) is 2.93. The molecule has 6 heteroatoms. The predicted molar refractivity (Wildman–Crippen MR) is 96.6 cm³/mol. The molecular formula is C20H21FN2O3. The van der Waals surface area contributed by atoms with Crippen LogP contribution in [0.5, 0.6) is 5.75 Å². The molecule has 1 atom stereocenters. The first-order chi connectivity index (χ1) is 12.6. The molecule has 1 aliphatic heterocycles. The highest BCUT2D eigenvalue weighted by atomic mass is 19.1. The second-order valence-corrected chi connectivity index (χ2v) is 6.09. The Hall–Kier alpha value is -2.73. The highest BCUT2D eigenvalue weighted by Gasteiger charge is 2.39. The molecule has 136 valence electrons. The van der Waals surface area contributed by atoms with Crippen molar-refractivity contribution in [3.8, 4) is 5.75 Å². The number of hydrogen-bond acceptors (Lipinski definition) is 4. The summed E-state index contributed by atoms with van der Waals surface area (Å²) in [5, 5.41) is 3.10. The minimum absolute atomic E-state index is 0.120. The molecule has 26 heavy (non-hydrogen) atoms. The summed E-state index contributed by atoms with van der Waals surface area (Å²) in [4.78, 5) is 26.0. The Bertz CT molecular complexity index is 792. The molecule has 1 fully saturated rings. The summed E-state index contributed by atoms with van der Waals surface area (Å²) < 4.78 is 18.6. The van der Waals surface area contributed by atoms with Gasteiger partial charge in [-0.15, -0.1) is 0 Å². The number of carbonyl (C=O) groups excluding carboxylic acids is 2. The van der Waals surface area contributed by atoms with Crippen LogP contribution in [-0.4, -0.2) is 31.0 Å². The Morgan fingerprint density at radius 2 is 1.96 bits per heavy atom. The summed E-state index contributed by atoms with van der Waals surface area (Å²) in [7, 11) is 0. The maximum Gasteiger partial charge on any atom is 0.251 e. The molecule has 2 amide bonds. The third-order valence-corrected chi connectivity index (χ3v) is 4.25. The quantitative estimate of drug-likeness (QED) is 0.775. The van der Waals surface area contributed by atoms with Gasteiger partial charge in [-0.05, 0) is 61.9 Å². The lowest BCUT2D eigenvalue weighted by molar-refractivity contribution is -0.121. The molecule has 0 spiro atoms. The zero-order valence-corrected chi connectivity index (χ0v) is 14.6. The molecule has 3 rings (SSSR count). The monoisotopic (exact) mass is 356 g/mol. The molecule has 1 saturated heterocycles. The molecule has 0 aliphatic carbocycles. The second kappa shape index (κ2) is 8.10. The van der Waals surface area contributed by atoms with E-state index in [1.807, 2.05) is 13.0 Å². The van der Waals surface area contributed by atoms with Gasteiger partial charge in [0.15, 0.2) is 0 Å². The third kappa shape index (κ3) is 4.08. The van der Waals surface area contributed by atoms with Gasteiger partial charge in [0.05, 0.1) is 24.8 Å². The lowest BCUT2D eigenvalue weighted by atomic mass is 10.1. The van der Waals surface area contributed by atoms with Crippen molar-refractivity contribution in [2.45, 2.75) is 25.8 Å². The standard InChI is InChI=1S/C20H21FN2O3/c1-2-26-17-8-6-16(7-9-17)23-19(24)13-18(20(23)25)22-11-10-14-4-3-5-15(21)12-14/h3-9,12,18,22H,2,10-11,13H2,1H3/t18-/m1/s1. The van der Waals surface area contributed by atoms with E-state index in [-0.39, 0.29) is 24.1 Å². The summed E-state index contributed by atoms with van der Waals surface area (Å²) in [6.07, 6.45) is 0.702. The number of ether oxygens (including phenoxy) is 1. The maximum atomic E-state index is 13.2. The van der Waals surface area contributed by atoms with Crippen molar-refractivity contribution >= 4 is 17.5 Å². The van der Waals surface area contributed by atoms with E-state index in [1.54, 1.807) is 30.3 Å². The number of nitrogens with zero attached hydrogens (tertiary/aromatic N) is 1. The van der Waals surface area contributed by atoms with Gasteiger partial charge in [-0.2, -0.15) is 0 Å². The Morgan fingerprint density at radius 3 is 2.65 bits per heavy atom. The average Bonchev–Trinajstić information content (AvgIpc) is 2.90. The molecule has 1 aliphatic rings. The maximum absolute atomic E-state index is 13.2. The molecule has 5 nitrogen and oxygen atoms in total. The summed E-state index contributed by atoms with van der Waals surface area (Å²) in [5.41, 5.74) is 1.38. The summed E-state index contributed by atoms with van der Waals surface area (Å²) >= 11 is 0. The normalized spacial score (nSPS) is 17.0. The van der Waals surface area contributed by atoms with Crippen LogP contribution in [0.1, 0.15) is 18.9 Å². The highest BCUT2D eigenvalue weighted by Crippen LogP contribution is 2.25. The lowest BCUT2D eigenvalue weighted by Gasteiger charge is -2.16. The topological polar surface area (TPSA) is 58.6 Å². The first-order valence-corrected chi connectivity index (χ1v) is 8.66. The number of benzene rings is 2. The largest absolute Gasteiger partial charge is 0.494 e. The molecule has 0 radical (unpaired) electrons. The van der Waals surface area contributed by atoms with E-state index in [4.69, 9.17) is 4.74 Å². The number of carbonyl (C=O) groups is 2. The van der Waals surface area contributed by atoms with Crippen molar-refractivity contribution in [1.82, 2.24) is 5.32 Å². The SMILES string of the molecule is CCOc1ccc(N2C(=O)C[C@@H](NCCc3cccc(F)c3)C2=O)cc1. The van der Waals surface area contributed by atoms with E-state index in [2.05, 4.69) is 5.32 Å². The number of amides is 2. The molecule has 2 aromatic carbocycles. The molecule has 1 heterocycles.